The zero-order valence-corrected chi connectivity index (χ0v) is 11.2. The molecule has 0 atom stereocenters. The van der Waals surface area contributed by atoms with Crippen LogP contribution in [0.4, 0.5) is 0 Å². The Kier molecular flexibility index (Phi) is 6.87. The minimum Gasteiger partial charge on any atom is -0.497 e. The Morgan fingerprint density at radius 1 is 1.28 bits per heavy atom. The Hall–Kier alpha value is -1.55. The third-order valence-corrected chi connectivity index (χ3v) is 2.64. The minimum atomic E-state index is 0.0296. The summed E-state index contributed by atoms with van der Waals surface area (Å²) >= 11 is 0. The van der Waals surface area contributed by atoms with Gasteiger partial charge in [0.2, 0.25) is 5.91 Å². The number of methoxy groups -OCH3 is 1. The standard InChI is InChI=1S/C14H22N2O2/c1-3-4-9-15-11-14(17)16-10-12-5-7-13(18-2)8-6-12/h5-8,15H,3-4,9-11H2,1-2H3,(H,16,17). The molecule has 0 fully saturated rings. The predicted octanol–water partition coefficient (Wildman–Crippen LogP) is 1.70. The van der Waals surface area contributed by atoms with Crippen LogP contribution < -0.4 is 15.4 Å². The monoisotopic (exact) mass is 250 g/mol. The highest BCUT2D eigenvalue weighted by Gasteiger charge is 2.00. The third kappa shape index (κ3) is 5.68. The van der Waals surface area contributed by atoms with Crippen LogP contribution in [0.2, 0.25) is 0 Å². The smallest absolute Gasteiger partial charge is 0.234 e. The van der Waals surface area contributed by atoms with Crippen LogP contribution in [0, 0.1) is 0 Å². The molecule has 0 aliphatic rings. The quantitative estimate of drug-likeness (QED) is 0.690. The molecule has 18 heavy (non-hydrogen) atoms. The first-order chi connectivity index (χ1) is 8.76. The van der Waals surface area contributed by atoms with E-state index in [1.54, 1.807) is 7.11 Å². The molecule has 0 aromatic heterocycles. The molecular weight excluding hydrogens is 228 g/mol. The van der Waals surface area contributed by atoms with E-state index < -0.39 is 0 Å². The van der Waals surface area contributed by atoms with Crippen molar-refractivity contribution in [3.63, 3.8) is 0 Å². The van der Waals surface area contributed by atoms with Gasteiger partial charge in [0, 0.05) is 6.54 Å². The molecule has 0 saturated heterocycles. The van der Waals surface area contributed by atoms with Gasteiger partial charge in [-0.25, -0.2) is 0 Å². The van der Waals surface area contributed by atoms with E-state index in [9.17, 15) is 4.79 Å². The van der Waals surface area contributed by atoms with Gasteiger partial charge in [-0.05, 0) is 30.7 Å². The van der Waals surface area contributed by atoms with Crippen molar-refractivity contribution in [1.29, 1.82) is 0 Å². The summed E-state index contributed by atoms with van der Waals surface area (Å²) in [5, 5.41) is 5.98. The fourth-order valence-electron chi connectivity index (χ4n) is 1.51. The van der Waals surface area contributed by atoms with Crippen LogP contribution in [-0.2, 0) is 11.3 Å². The molecule has 4 heteroatoms. The summed E-state index contributed by atoms with van der Waals surface area (Å²) in [5.41, 5.74) is 1.07. The number of ether oxygens (including phenoxy) is 1. The molecule has 0 spiro atoms. The summed E-state index contributed by atoms with van der Waals surface area (Å²) in [6, 6.07) is 7.68. The van der Waals surface area contributed by atoms with Gasteiger partial charge in [0.1, 0.15) is 5.75 Å². The zero-order chi connectivity index (χ0) is 13.2. The molecule has 1 rings (SSSR count). The lowest BCUT2D eigenvalue weighted by atomic mass is 10.2. The maximum atomic E-state index is 11.5. The normalized spacial score (nSPS) is 10.1. The van der Waals surface area contributed by atoms with Gasteiger partial charge in [0.25, 0.3) is 0 Å². The van der Waals surface area contributed by atoms with E-state index in [0.717, 1.165) is 30.7 Å². The predicted molar refractivity (Wildman–Crippen MR) is 72.6 cm³/mol. The van der Waals surface area contributed by atoms with E-state index in [4.69, 9.17) is 4.74 Å². The first kappa shape index (κ1) is 14.5. The highest BCUT2D eigenvalue weighted by Crippen LogP contribution is 2.10. The molecular formula is C14H22N2O2. The van der Waals surface area contributed by atoms with Crippen LogP contribution in [0.1, 0.15) is 25.3 Å². The van der Waals surface area contributed by atoms with Gasteiger partial charge >= 0.3 is 0 Å². The number of amides is 1. The summed E-state index contributed by atoms with van der Waals surface area (Å²) in [7, 11) is 1.64. The molecule has 100 valence electrons. The lowest BCUT2D eigenvalue weighted by molar-refractivity contribution is -0.120. The summed E-state index contributed by atoms with van der Waals surface area (Å²) in [4.78, 5) is 11.5. The Labute approximate surface area is 109 Å². The number of hydrogen-bond donors (Lipinski definition) is 2. The number of benzene rings is 1. The van der Waals surface area contributed by atoms with Crippen LogP contribution >= 0.6 is 0 Å². The van der Waals surface area contributed by atoms with E-state index in [0.29, 0.717) is 13.1 Å². The summed E-state index contributed by atoms with van der Waals surface area (Å²) in [6.45, 7) is 3.96. The van der Waals surface area contributed by atoms with E-state index in [2.05, 4.69) is 17.6 Å². The van der Waals surface area contributed by atoms with Gasteiger partial charge in [0.05, 0.1) is 13.7 Å². The maximum absolute atomic E-state index is 11.5. The summed E-state index contributed by atoms with van der Waals surface area (Å²) in [5.74, 6) is 0.855. The number of nitrogens with one attached hydrogen (secondary N) is 2. The molecule has 0 saturated carbocycles. The average Bonchev–Trinajstić information content (AvgIpc) is 2.42. The van der Waals surface area contributed by atoms with Gasteiger partial charge < -0.3 is 15.4 Å². The number of unbranched alkanes of at least 4 members (excludes halogenated alkanes) is 1. The van der Waals surface area contributed by atoms with Crippen molar-refractivity contribution in [3.05, 3.63) is 29.8 Å². The molecule has 0 aliphatic heterocycles. The van der Waals surface area contributed by atoms with Crippen LogP contribution in [0.3, 0.4) is 0 Å². The second-order valence-corrected chi connectivity index (χ2v) is 4.16. The minimum absolute atomic E-state index is 0.0296. The Bertz CT molecular complexity index is 349. The van der Waals surface area contributed by atoms with Crippen molar-refractivity contribution >= 4 is 5.91 Å². The number of carbonyl (C=O) groups is 1. The van der Waals surface area contributed by atoms with Gasteiger partial charge in [0.15, 0.2) is 0 Å². The third-order valence-electron chi connectivity index (χ3n) is 2.64. The second-order valence-electron chi connectivity index (χ2n) is 4.16. The topological polar surface area (TPSA) is 50.4 Å². The average molecular weight is 250 g/mol. The fourth-order valence-corrected chi connectivity index (χ4v) is 1.51. The SMILES string of the molecule is CCCCNCC(=O)NCc1ccc(OC)cc1. The van der Waals surface area contributed by atoms with Gasteiger partial charge in [-0.1, -0.05) is 25.5 Å². The van der Waals surface area contributed by atoms with Gasteiger partial charge in [-0.2, -0.15) is 0 Å². The molecule has 1 aromatic rings. The molecule has 1 aromatic carbocycles. The number of carbonyl (C=O) groups excluding carboxylic acids is 1. The van der Waals surface area contributed by atoms with E-state index in [1.807, 2.05) is 24.3 Å². The molecule has 0 radical (unpaired) electrons. The van der Waals surface area contributed by atoms with E-state index in [1.165, 1.54) is 0 Å². The molecule has 0 bridgehead atoms. The van der Waals surface area contributed by atoms with E-state index >= 15 is 0 Å². The van der Waals surface area contributed by atoms with Gasteiger partial charge in [-0.3, -0.25) is 4.79 Å². The molecule has 0 aliphatic carbocycles. The summed E-state index contributed by atoms with van der Waals surface area (Å²) in [6.07, 6.45) is 2.24. The number of rotatable bonds is 8. The lowest BCUT2D eigenvalue weighted by Gasteiger charge is -2.07. The molecule has 2 N–H and O–H groups in total. The first-order valence-corrected chi connectivity index (χ1v) is 6.36. The summed E-state index contributed by atoms with van der Waals surface area (Å²) < 4.78 is 5.07. The second kappa shape index (κ2) is 8.53. The largest absolute Gasteiger partial charge is 0.497 e. The Balaban J connectivity index is 2.20. The molecule has 4 nitrogen and oxygen atoms in total. The van der Waals surface area contributed by atoms with Crippen molar-refractivity contribution in [2.45, 2.75) is 26.3 Å². The van der Waals surface area contributed by atoms with Crippen molar-refractivity contribution in [2.24, 2.45) is 0 Å². The van der Waals surface area contributed by atoms with Crippen LogP contribution in [0.5, 0.6) is 5.75 Å². The Morgan fingerprint density at radius 3 is 2.61 bits per heavy atom. The van der Waals surface area contributed by atoms with Crippen molar-refractivity contribution < 1.29 is 9.53 Å². The fraction of sp³-hybridized carbons (Fsp3) is 0.500. The maximum Gasteiger partial charge on any atom is 0.234 e. The lowest BCUT2D eigenvalue weighted by Crippen LogP contribution is -2.33. The van der Waals surface area contributed by atoms with Crippen LogP contribution in [0.25, 0.3) is 0 Å². The first-order valence-electron chi connectivity index (χ1n) is 6.36. The number of hydrogen-bond acceptors (Lipinski definition) is 3. The zero-order valence-electron chi connectivity index (χ0n) is 11.2. The van der Waals surface area contributed by atoms with Crippen LogP contribution in [0.15, 0.2) is 24.3 Å². The Morgan fingerprint density at radius 2 is 2.00 bits per heavy atom. The molecule has 1 amide bonds. The van der Waals surface area contributed by atoms with Crippen molar-refractivity contribution in [2.75, 3.05) is 20.2 Å². The highest BCUT2D eigenvalue weighted by atomic mass is 16.5. The van der Waals surface area contributed by atoms with Crippen molar-refractivity contribution in [1.82, 2.24) is 10.6 Å². The van der Waals surface area contributed by atoms with Crippen LogP contribution in [-0.4, -0.2) is 26.1 Å². The molecule has 0 heterocycles. The van der Waals surface area contributed by atoms with Crippen molar-refractivity contribution in [3.8, 4) is 5.75 Å². The molecule has 0 unspecified atom stereocenters. The van der Waals surface area contributed by atoms with E-state index in [-0.39, 0.29) is 5.91 Å². The van der Waals surface area contributed by atoms with Gasteiger partial charge in [-0.15, -0.1) is 0 Å². The highest BCUT2D eigenvalue weighted by molar-refractivity contribution is 5.77.